The van der Waals surface area contributed by atoms with E-state index < -0.39 is 11.2 Å². The van der Waals surface area contributed by atoms with Gasteiger partial charge in [-0.25, -0.2) is 4.39 Å². The van der Waals surface area contributed by atoms with Gasteiger partial charge in [0.15, 0.2) is 0 Å². The Morgan fingerprint density at radius 1 is 1.07 bits per heavy atom. The van der Waals surface area contributed by atoms with Crippen LogP contribution in [0.15, 0.2) is 66.7 Å². The Bertz CT molecular complexity index is 1460. The van der Waals surface area contributed by atoms with Crippen molar-refractivity contribution in [2.45, 2.75) is 43.7 Å². The van der Waals surface area contributed by atoms with Gasteiger partial charge in [-0.05, 0) is 60.0 Å². The van der Waals surface area contributed by atoms with Crippen LogP contribution in [0.25, 0.3) is 0 Å². The van der Waals surface area contributed by atoms with Gasteiger partial charge in [-0.1, -0.05) is 24.3 Å². The quantitative estimate of drug-likeness (QED) is 0.163. The van der Waals surface area contributed by atoms with Crippen molar-refractivity contribution in [3.8, 4) is 11.5 Å². The average molecular weight is 637 g/mol. The van der Waals surface area contributed by atoms with E-state index in [-0.39, 0.29) is 23.9 Å². The van der Waals surface area contributed by atoms with Crippen molar-refractivity contribution in [3.05, 3.63) is 93.8 Å². The largest absolute Gasteiger partial charge is 0.490 e. The molecule has 0 aromatic heterocycles. The Morgan fingerprint density at radius 2 is 1.91 bits per heavy atom. The summed E-state index contributed by atoms with van der Waals surface area (Å²) >= 11 is 0. The molecule has 11 nitrogen and oxygen atoms in total. The molecule has 3 aliphatic heterocycles. The SMILES string of the molecule is COCCCN1CCOc2ccc(CO[C@H]3CNC[C@@H](O[N+](=O)[O-])[C@@H]3c3ccc(O[C@H]4CCN(c5cccc(F)c5)C4)cc3)cc21. The van der Waals surface area contributed by atoms with Gasteiger partial charge in [-0.15, -0.1) is 10.1 Å². The predicted molar refractivity (Wildman–Crippen MR) is 171 cm³/mol. The first-order valence-electron chi connectivity index (χ1n) is 15.9. The zero-order chi connectivity index (χ0) is 31.9. The number of methoxy groups -OCH3 is 1. The van der Waals surface area contributed by atoms with Crippen molar-refractivity contribution < 1.29 is 33.3 Å². The Kier molecular flexibility index (Phi) is 10.4. The van der Waals surface area contributed by atoms with Gasteiger partial charge in [0.2, 0.25) is 0 Å². The van der Waals surface area contributed by atoms with Gasteiger partial charge >= 0.3 is 0 Å². The van der Waals surface area contributed by atoms with E-state index in [9.17, 15) is 14.5 Å². The van der Waals surface area contributed by atoms with Crippen LogP contribution in [0.5, 0.6) is 11.5 Å². The number of hydrogen-bond acceptors (Lipinski definition) is 10. The van der Waals surface area contributed by atoms with E-state index in [0.29, 0.717) is 45.2 Å². The van der Waals surface area contributed by atoms with Gasteiger partial charge in [0, 0.05) is 57.9 Å². The minimum absolute atomic E-state index is 0.0347. The van der Waals surface area contributed by atoms with Crippen LogP contribution in [-0.4, -0.2) is 83.0 Å². The predicted octanol–water partition coefficient (Wildman–Crippen LogP) is 4.57. The first-order valence-corrected chi connectivity index (χ1v) is 15.9. The summed E-state index contributed by atoms with van der Waals surface area (Å²) in [4.78, 5) is 21.0. The van der Waals surface area contributed by atoms with Crippen LogP contribution in [0.1, 0.15) is 29.9 Å². The number of piperidine rings is 1. The molecule has 246 valence electrons. The average Bonchev–Trinajstić information content (AvgIpc) is 3.53. The molecular weight excluding hydrogens is 595 g/mol. The second kappa shape index (κ2) is 15.0. The van der Waals surface area contributed by atoms with Crippen molar-refractivity contribution in [3.63, 3.8) is 0 Å². The fourth-order valence-electron chi connectivity index (χ4n) is 6.60. The normalized spacial score (nSPS) is 22.7. The van der Waals surface area contributed by atoms with Crippen molar-refractivity contribution in [1.82, 2.24) is 5.32 Å². The molecule has 4 atom stereocenters. The van der Waals surface area contributed by atoms with Crippen molar-refractivity contribution in [1.29, 1.82) is 0 Å². The minimum atomic E-state index is -0.731. The molecule has 6 rings (SSSR count). The van der Waals surface area contributed by atoms with Crippen LogP contribution in [-0.2, 0) is 20.9 Å². The van der Waals surface area contributed by atoms with Crippen LogP contribution in [0.4, 0.5) is 15.8 Å². The number of benzene rings is 3. The highest BCUT2D eigenvalue weighted by molar-refractivity contribution is 5.61. The molecule has 0 spiro atoms. The molecule has 12 heteroatoms. The van der Waals surface area contributed by atoms with Gasteiger partial charge in [-0.3, -0.25) is 0 Å². The lowest BCUT2D eigenvalue weighted by Crippen LogP contribution is -2.51. The number of nitrogens with zero attached hydrogens (tertiary/aromatic N) is 3. The third-order valence-electron chi connectivity index (χ3n) is 8.82. The zero-order valence-corrected chi connectivity index (χ0v) is 26.0. The van der Waals surface area contributed by atoms with E-state index >= 15 is 0 Å². The second-order valence-electron chi connectivity index (χ2n) is 11.9. The van der Waals surface area contributed by atoms with Gasteiger partial charge in [0.1, 0.15) is 36.1 Å². The van der Waals surface area contributed by atoms with E-state index in [4.69, 9.17) is 23.8 Å². The Morgan fingerprint density at radius 3 is 2.72 bits per heavy atom. The maximum atomic E-state index is 13.7. The highest BCUT2D eigenvalue weighted by atomic mass is 19.1. The molecule has 2 saturated heterocycles. The van der Waals surface area contributed by atoms with E-state index in [1.807, 2.05) is 42.5 Å². The van der Waals surface area contributed by atoms with Gasteiger partial charge < -0.3 is 38.9 Å². The number of fused-ring (bicyclic) bond motifs is 1. The van der Waals surface area contributed by atoms with Gasteiger partial charge in [0.25, 0.3) is 5.09 Å². The van der Waals surface area contributed by atoms with Crippen molar-refractivity contribution >= 4 is 11.4 Å². The smallest absolute Gasteiger partial charge is 0.294 e. The molecule has 3 aromatic rings. The highest BCUT2D eigenvalue weighted by Gasteiger charge is 2.38. The van der Waals surface area contributed by atoms with E-state index in [1.165, 1.54) is 12.1 Å². The summed E-state index contributed by atoms with van der Waals surface area (Å²) in [5.74, 6) is 0.932. The fraction of sp³-hybridized carbons (Fsp3) is 0.471. The Hall–Kier alpha value is -4.13. The summed E-state index contributed by atoms with van der Waals surface area (Å²) < 4.78 is 37.6. The lowest BCUT2D eigenvalue weighted by Gasteiger charge is -2.37. The lowest BCUT2D eigenvalue weighted by atomic mass is 9.85. The summed E-state index contributed by atoms with van der Waals surface area (Å²) in [7, 11) is 1.71. The third kappa shape index (κ3) is 7.80. The molecule has 0 unspecified atom stereocenters. The Balaban J connectivity index is 1.12. The number of nitrogens with one attached hydrogen (secondary N) is 1. The maximum Gasteiger partial charge on any atom is 0.294 e. The van der Waals surface area contributed by atoms with Gasteiger partial charge in [0.05, 0.1) is 31.5 Å². The molecular formula is C34H41FN4O7. The Labute approximate surface area is 268 Å². The van der Waals surface area contributed by atoms with E-state index in [0.717, 1.165) is 60.7 Å². The van der Waals surface area contributed by atoms with Crippen molar-refractivity contribution in [2.24, 2.45) is 0 Å². The number of ether oxygens (including phenoxy) is 4. The zero-order valence-electron chi connectivity index (χ0n) is 26.0. The molecule has 0 saturated carbocycles. The first-order chi connectivity index (χ1) is 22.5. The molecule has 0 radical (unpaired) electrons. The summed E-state index contributed by atoms with van der Waals surface area (Å²) in [6.45, 7) is 5.64. The molecule has 0 amide bonds. The molecule has 3 aliphatic rings. The lowest BCUT2D eigenvalue weighted by molar-refractivity contribution is -0.769. The van der Waals surface area contributed by atoms with E-state index in [1.54, 1.807) is 13.2 Å². The number of hydrogen-bond donors (Lipinski definition) is 1. The first kappa shape index (κ1) is 31.8. The van der Waals surface area contributed by atoms with Gasteiger partial charge in [-0.2, -0.15) is 0 Å². The molecule has 3 aromatic carbocycles. The van der Waals surface area contributed by atoms with E-state index in [2.05, 4.69) is 21.2 Å². The molecule has 0 aliphatic carbocycles. The molecule has 46 heavy (non-hydrogen) atoms. The summed E-state index contributed by atoms with van der Waals surface area (Å²) in [6.07, 6.45) is 0.615. The van der Waals surface area contributed by atoms with Crippen LogP contribution in [0.2, 0.25) is 0 Å². The second-order valence-corrected chi connectivity index (χ2v) is 11.9. The van der Waals surface area contributed by atoms with Crippen LogP contribution in [0.3, 0.4) is 0 Å². The molecule has 1 N–H and O–H groups in total. The molecule has 0 bridgehead atoms. The summed E-state index contributed by atoms with van der Waals surface area (Å²) in [6, 6.07) is 20.3. The monoisotopic (exact) mass is 636 g/mol. The maximum absolute atomic E-state index is 13.7. The summed E-state index contributed by atoms with van der Waals surface area (Å²) in [5, 5.41) is 13.9. The number of rotatable bonds is 13. The van der Waals surface area contributed by atoms with Crippen molar-refractivity contribution in [2.75, 3.05) is 69.4 Å². The molecule has 2 fully saturated rings. The third-order valence-corrected chi connectivity index (χ3v) is 8.82. The number of halogens is 1. The standard InChI is InChI=1S/C34H41FN4O7/c1-42-16-3-13-37-15-17-43-31-11-6-24(18-30(31)37)23-44-32-20-36-21-33(46-39(40)41)34(32)25-7-9-28(10-8-25)45-29-12-14-38(22-29)27-5-2-4-26(35)19-27/h2,4-11,18-19,29,32-34,36H,3,12-17,20-23H2,1H3/t29-,32-,33+,34+/m0/s1. The van der Waals surface area contributed by atoms with Crippen LogP contribution >= 0.6 is 0 Å². The molecule has 3 heterocycles. The van der Waals surface area contributed by atoms with Crippen LogP contribution in [0, 0.1) is 15.9 Å². The highest BCUT2D eigenvalue weighted by Crippen LogP contribution is 2.35. The topological polar surface area (TPSA) is 108 Å². The minimum Gasteiger partial charge on any atom is -0.490 e. The fourth-order valence-corrected chi connectivity index (χ4v) is 6.60. The summed E-state index contributed by atoms with van der Waals surface area (Å²) in [5.41, 5.74) is 3.75. The van der Waals surface area contributed by atoms with Crippen LogP contribution < -0.4 is 24.6 Å². The number of anilines is 2.